The molecule has 1 heterocycles. The van der Waals surface area contributed by atoms with Crippen LogP contribution in [0.2, 0.25) is 0 Å². The fourth-order valence-electron chi connectivity index (χ4n) is 1.08. The van der Waals surface area contributed by atoms with E-state index < -0.39 is 14.6 Å². The van der Waals surface area contributed by atoms with E-state index in [-0.39, 0.29) is 29.1 Å². The van der Waals surface area contributed by atoms with E-state index in [4.69, 9.17) is 10.7 Å². The van der Waals surface area contributed by atoms with Crippen LogP contribution in [0.5, 0.6) is 0 Å². The lowest BCUT2D eigenvalue weighted by Gasteiger charge is -2.06. The maximum Gasteiger partial charge on any atom is 0.441 e. The van der Waals surface area contributed by atoms with Crippen LogP contribution in [0.4, 0.5) is 13.2 Å². The number of imidazole rings is 1. The number of hydrogen-bond donors (Lipinski definition) is 0. The van der Waals surface area contributed by atoms with Crippen LogP contribution in [-0.2, 0) is 15.6 Å². The molecule has 0 atom stereocenters. The van der Waals surface area contributed by atoms with Gasteiger partial charge in [0.25, 0.3) is 9.05 Å². The number of hydrogen-bond acceptors (Lipinski definition) is 4. The molecule has 98 valence electrons. The Hall–Kier alpha value is -0.410. The van der Waals surface area contributed by atoms with Gasteiger partial charge in [-0.2, -0.15) is 13.2 Å². The lowest BCUT2D eigenvalue weighted by Crippen LogP contribution is -2.07. The number of aromatic nitrogens is 2. The Morgan fingerprint density at radius 3 is 2.53 bits per heavy atom. The molecule has 0 aliphatic carbocycles. The Morgan fingerprint density at radius 2 is 2.12 bits per heavy atom. The van der Waals surface area contributed by atoms with E-state index in [2.05, 4.69) is 4.98 Å². The van der Waals surface area contributed by atoms with Gasteiger partial charge in [0, 0.05) is 29.2 Å². The molecule has 0 N–H and O–H groups in total. The lowest BCUT2D eigenvalue weighted by molar-refractivity contribution is -0.0328. The average Bonchev–Trinajstić information content (AvgIpc) is 2.45. The highest BCUT2D eigenvalue weighted by atomic mass is 35.7. The van der Waals surface area contributed by atoms with Gasteiger partial charge in [-0.05, 0) is 18.7 Å². The molecule has 0 aliphatic rings. The van der Waals surface area contributed by atoms with Gasteiger partial charge < -0.3 is 4.57 Å². The third-order valence-electron chi connectivity index (χ3n) is 1.80. The van der Waals surface area contributed by atoms with E-state index >= 15 is 0 Å². The van der Waals surface area contributed by atoms with Gasteiger partial charge in [-0.15, -0.1) is 0 Å². The number of halogens is 4. The van der Waals surface area contributed by atoms with Gasteiger partial charge in [-0.1, -0.05) is 0 Å². The van der Waals surface area contributed by atoms with Gasteiger partial charge in [-0.25, -0.2) is 13.4 Å². The second-order valence-electron chi connectivity index (χ2n) is 3.05. The number of aryl methyl sites for hydroxylation is 2. The molecule has 0 radical (unpaired) electrons. The normalized spacial score (nSPS) is 13.0. The molecule has 0 spiro atoms. The molecule has 0 saturated heterocycles. The summed E-state index contributed by atoms with van der Waals surface area (Å²) in [6, 6.07) is 0. The summed E-state index contributed by atoms with van der Waals surface area (Å²) in [5, 5.41) is -0.353. The SMILES string of the molecule is Cc1nc(S(=O)(=O)Cl)cn1CCSC(F)(F)F. The van der Waals surface area contributed by atoms with Crippen molar-refractivity contribution in [2.24, 2.45) is 0 Å². The first-order valence-corrected chi connectivity index (χ1v) is 7.58. The van der Waals surface area contributed by atoms with Crippen LogP contribution >= 0.6 is 22.4 Å². The first-order chi connectivity index (χ1) is 7.59. The minimum Gasteiger partial charge on any atom is -0.333 e. The summed E-state index contributed by atoms with van der Waals surface area (Å²) < 4.78 is 58.8. The minimum absolute atomic E-state index is 0.00934. The van der Waals surface area contributed by atoms with Crippen molar-refractivity contribution in [1.29, 1.82) is 0 Å². The molecular weight excluding hydrogens is 301 g/mol. The first-order valence-electron chi connectivity index (χ1n) is 4.29. The van der Waals surface area contributed by atoms with Crippen molar-refractivity contribution < 1.29 is 21.6 Å². The number of alkyl halides is 3. The second kappa shape index (κ2) is 5.07. The lowest BCUT2D eigenvalue weighted by atomic mass is 10.6. The zero-order valence-electron chi connectivity index (χ0n) is 8.53. The van der Waals surface area contributed by atoms with Crippen LogP contribution in [0.1, 0.15) is 5.82 Å². The molecule has 0 amide bonds. The standard InChI is InChI=1S/C7H8ClF3N2O2S2/c1-5-12-6(17(8,14)15)4-13(5)2-3-16-7(9,10)11/h4H,2-3H2,1H3. The fraction of sp³-hybridized carbons (Fsp3) is 0.571. The molecule has 0 aliphatic heterocycles. The Morgan fingerprint density at radius 1 is 1.53 bits per heavy atom. The van der Waals surface area contributed by atoms with Crippen LogP contribution in [0.15, 0.2) is 11.2 Å². The van der Waals surface area contributed by atoms with Crippen LogP contribution < -0.4 is 0 Å². The average molecular weight is 309 g/mol. The molecule has 0 unspecified atom stereocenters. The molecule has 10 heteroatoms. The minimum atomic E-state index is -4.30. The Balaban J connectivity index is 2.70. The highest BCUT2D eigenvalue weighted by Gasteiger charge is 2.27. The zero-order valence-corrected chi connectivity index (χ0v) is 10.9. The molecule has 1 aromatic rings. The van der Waals surface area contributed by atoms with Crippen molar-refractivity contribution in [1.82, 2.24) is 9.55 Å². The van der Waals surface area contributed by atoms with Gasteiger partial charge in [0.15, 0.2) is 5.03 Å². The van der Waals surface area contributed by atoms with Crippen molar-refractivity contribution in [2.45, 2.75) is 24.0 Å². The predicted molar refractivity (Wildman–Crippen MR) is 58.5 cm³/mol. The van der Waals surface area contributed by atoms with E-state index in [1.54, 1.807) is 0 Å². The quantitative estimate of drug-likeness (QED) is 0.801. The van der Waals surface area contributed by atoms with Crippen molar-refractivity contribution >= 4 is 31.5 Å². The predicted octanol–water partition coefficient (Wildman–Crippen LogP) is 2.37. The summed E-state index contributed by atoms with van der Waals surface area (Å²) in [5.41, 5.74) is -4.30. The maximum atomic E-state index is 11.9. The zero-order chi connectivity index (χ0) is 13.3. The highest BCUT2D eigenvalue weighted by molar-refractivity contribution is 8.13. The van der Waals surface area contributed by atoms with Crippen LogP contribution in [0, 0.1) is 6.92 Å². The topological polar surface area (TPSA) is 52.0 Å². The van der Waals surface area contributed by atoms with Gasteiger partial charge in [0.05, 0.1) is 0 Å². The molecule has 17 heavy (non-hydrogen) atoms. The maximum absolute atomic E-state index is 11.9. The molecule has 1 aromatic heterocycles. The van der Waals surface area contributed by atoms with Crippen molar-refractivity contribution in [3.8, 4) is 0 Å². The molecule has 0 fully saturated rings. The Bertz CT molecular complexity index is 498. The molecule has 1 rings (SSSR count). The van der Waals surface area contributed by atoms with E-state index in [1.165, 1.54) is 11.5 Å². The summed E-state index contributed by atoms with van der Waals surface area (Å²) in [6.45, 7) is 1.50. The van der Waals surface area contributed by atoms with Crippen LogP contribution in [0.25, 0.3) is 0 Å². The summed E-state index contributed by atoms with van der Waals surface area (Å²) >= 11 is -0.177. The third-order valence-corrected chi connectivity index (χ3v) is 3.69. The van der Waals surface area contributed by atoms with Gasteiger partial charge >= 0.3 is 5.51 Å². The molecule has 0 bridgehead atoms. The summed E-state index contributed by atoms with van der Waals surface area (Å²) in [5.74, 6) is 0.0784. The second-order valence-corrected chi connectivity index (χ2v) is 6.72. The number of rotatable bonds is 4. The number of nitrogens with zero attached hydrogens (tertiary/aromatic N) is 2. The van der Waals surface area contributed by atoms with Gasteiger partial charge in [-0.3, -0.25) is 0 Å². The van der Waals surface area contributed by atoms with E-state index in [9.17, 15) is 21.6 Å². The first kappa shape index (κ1) is 14.7. The largest absolute Gasteiger partial charge is 0.441 e. The van der Waals surface area contributed by atoms with Crippen molar-refractivity contribution in [2.75, 3.05) is 5.75 Å². The van der Waals surface area contributed by atoms with E-state index in [0.717, 1.165) is 6.20 Å². The van der Waals surface area contributed by atoms with Crippen LogP contribution in [0.3, 0.4) is 0 Å². The summed E-state index contributed by atoms with van der Waals surface area (Å²) in [4.78, 5) is 3.65. The van der Waals surface area contributed by atoms with E-state index in [1.807, 2.05) is 0 Å². The molecular formula is C7H8ClF3N2O2S2. The van der Waals surface area contributed by atoms with Gasteiger partial charge in [0.1, 0.15) is 5.82 Å². The number of thioether (sulfide) groups is 1. The summed E-state index contributed by atoms with van der Waals surface area (Å²) in [6.07, 6.45) is 1.12. The van der Waals surface area contributed by atoms with Crippen molar-refractivity contribution in [3.63, 3.8) is 0 Å². The van der Waals surface area contributed by atoms with Crippen LogP contribution in [-0.4, -0.2) is 29.2 Å². The molecule has 4 nitrogen and oxygen atoms in total. The van der Waals surface area contributed by atoms with E-state index in [0.29, 0.717) is 5.82 Å². The molecule has 0 aromatic carbocycles. The highest BCUT2D eigenvalue weighted by Crippen LogP contribution is 2.30. The Kier molecular flexibility index (Phi) is 4.37. The summed E-state index contributed by atoms with van der Waals surface area (Å²) in [7, 11) is 1.11. The van der Waals surface area contributed by atoms with Crippen molar-refractivity contribution in [3.05, 3.63) is 12.0 Å². The Labute approximate surface area is 105 Å². The van der Waals surface area contributed by atoms with Gasteiger partial charge in [0.2, 0.25) is 0 Å². The smallest absolute Gasteiger partial charge is 0.333 e. The molecule has 0 saturated carbocycles. The monoisotopic (exact) mass is 308 g/mol. The third kappa shape index (κ3) is 4.76. The fourth-order valence-corrected chi connectivity index (χ4v) is 2.32.